The third-order valence-electron chi connectivity index (χ3n) is 2.90. The molecule has 1 fully saturated rings. The van der Waals surface area contributed by atoms with Crippen molar-refractivity contribution >= 4 is 0 Å². The SMILES string of the molecule is CCOc1cc(F)cc(C2(O)CCC2)c1. The zero-order valence-corrected chi connectivity index (χ0v) is 8.79. The van der Waals surface area contributed by atoms with Gasteiger partial charge in [-0.15, -0.1) is 0 Å². The molecule has 15 heavy (non-hydrogen) atoms. The number of hydrogen-bond donors (Lipinski definition) is 1. The molecule has 1 aromatic carbocycles. The van der Waals surface area contributed by atoms with E-state index in [4.69, 9.17) is 4.74 Å². The van der Waals surface area contributed by atoms with E-state index in [1.165, 1.54) is 12.1 Å². The summed E-state index contributed by atoms with van der Waals surface area (Å²) in [4.78, 5) is 0. The number of halogens is 1. The molecule has 0 aromatic heterocycles. The van der Waals surface area contributed by atoms with Crippen molar-refractivity contribution < 1.29 is 14.2 Å². The van der Waals surface area contributed by atoms with Gasteiger partial charge in [0.25, 0.3) is 0 Å². The van der Waals surface area contributed by atoms with Gasteiger partial charge in [-0.3, -0.25) is 0 Å². The predicted molar refractivity (Wildman–Crippen MR) is 55.3 cm³/mol. The maximum atomic E-state index is 13.3. The summed E-state index contributed by atoms with van der Waals surface area (Å²) in [5.41, 5.74) is -0.189. The molecule has 0 atom stereocenters. The minimum absolute atomic E-state index is 0.351. The normalized spacial score (nSPS) is 18.3. The van der Waals surface area contributed by atoms with Crippen LogP contribution < -0.4 is 4.74 Å². The van der Waals surface area contributed by atoms with Crippen molar-refractivity contribution in [3.8, 4) is 5.75 Å². The molecule has 0 amide bonds. The average Bonchev–Trinajstić information content (AvgIpc) is 2.14. The van der Waals surface area contributed by atoms with Crippen molar-refractivity contribution in [3.63, 3.8) is 0 Å². The van der Waals surface area contributed by atoms with Gasteiger partial charge in [-0.2, -0.15) is 0 Å². The fraction of sp³-hybridized carbons (Fsp3) is 0.500. The summed E-state index contributed by atoms with van der Waals surface area (Å²) in [6.07, 6.45) is 2.42. The highest BCUT2D eigenvalue weighted by Crippen LogP contribution is 2.42. The molecule has 1 aromatic rings. The molecule has 2 rings (SSSR count). The van der Waals surface area contributed by atoms with Gasteiger partial charge in [-0.1, -0.05) is 0 Å². The summed E-state index contributed by atoms with van der Waals surface area (Å²) in [5.74, 6) is 0.143. The quantitative estimate of drug-likeness (QED) is 0.830. The topological polar surface area (TPSA) is 29.5 Å². The second-order valence-corrected chi connectivity index (χ2v) is 3.99. The monoisotopic (exact) mass is 210 g/mol. The molecule has 0 unspecified atom stereocenters. The van der Waals surface area contributed by atoms with Gasteiger partial charge >= 0.3 is 0 Å². The van der Waals surface area contributed by atoms with E-state index in [2.05, 4.69) is 0 Å². The molecular weight excluding hydrogens is 195 g/mol. The summed E-state index contributed by atoms with van der Waals surface area (Å²) in [6, 6.07) is 4.46. The highest BCUT2D eigenvalue weighted by atomic mass is 19.1. The third-order valence-corrected chi connectivity index (χ3v) is 2.90. The summed E-state index contributed by atoms with van der Waals surface area (Å²) in [6.45, 7) is 2.35. The zero-order chi connectivity index (χ0) is 10.9. The fourth-order valence-electron chi connectivity index (χ4n) is 1.88. The maximum absolute atomic E-state index is 13.3. The van der Waals surface area contributed by atoms with Gasteiger partial charge in [-0.05, 0) is 43.9 Å². The first-order valence-corrected chi connectivity index (χ1v) is 5.30. The van der Waals surface area contributed by atoms with Crippen molar-refractivity contribution in [2.45, 2.75) is 31.8 Å². The van der Waals surface area contributed by atoms with E-state index in [1.807, 2.05) is 6.92 Å². The van der Waals surface area contributed by atoms with Crippen LogP contribution in [0.25, 0.3) is 0 Å². The standard InChI is InChI=1S/C12H15FO2/c1-2-15-11-7-9(6-10(13)8-11)12(14)4-3-5-12/h6-8,14H,2-5H2,1H3. The van der Waals surface area contributed by atoms with Crippen LogP contribution in [-0.4, -0.2) is 11.7 Å². The van der Waals surface area contributed by atoms with Gasteiger partial charge in [0.05, 0.1) is 12.2 Å². The predicted octanol–water partition coefficient (Wildman–Crippen LogP) is 2.60. The molecule has 1 N–H and O–H groups in total. The number of ether oxygens (including phenoxy) is 1. The molecule has 0 spiro atoms. The van der Waals surface area contributed by atoms with Crippen molar-refractivity contribution in [2.75, 3.05) is 6.61 Å². The Morgan fingerprint density at radius 2 is 2.13 bits per heavy atom. The van der Waals surface area contributed by atoms with E-state index >= 15 is 0 Å². The van der Waals surface area contributed by atoms with Crippen LogP contribution in [0.5, 0.6) is 5.75 Å². The van der Waals surface area contributed by atoms with Crippen LogP contribution in [0.3, 0.4) is 0 Å². The Bertz CT molecular complexity index is 359. The Morgan fingerprint density at radius 3 is 2.67 bits per heavy atom. The molecule has 1 aliphatic rings. The van der Waals surface area contributed by atoms with Crippen molar-refractivity contribution in [1.29, 1.82) is 0 Å². The van der Waals surface area contributed by atoms with Crippen LogP contribution in [0, 0.1) is 5.82 Å². The second-order valence-electron chi connectivity index (χ2n) is 3.99. The van der Waals surface area contributed by atoms with Crippen LogP contribution in [0.2, 0.25) is 0 Å². The number of aliphatic hydroxyl groups is 1. The van der Waals surface area contributed by atoms with Crippen LogP contribution in [0.15, 0.2) is 18.2 Å². The zero-order valence-electron chi connectivity index (χ0n) is 8.79. The van der Waals surface area contributed by atoms with Gasteiger partial charge < -0.3 is 9.84 Å². The Balaban J connectivity index is 2.30. The molecule has 0 bridgehead atoms. The van der Waals surface area contributed by atoms with Crippen molar-refractivity contribution in [3.05, 3.63) is 29.6 Å². The number of rotatable bonds is 3. The highest BCUT2D eigenvalue weighted by Gasteiger charge is 2.36. The van der Waals surface area contributed by atoms with Gasteiger partial charge in [0.1, 0.15) is 11.6 Å². The Hall–Kier alpha value is -1.09. The van der Waals surface area contributed by atoms with E-state index in [-0.39, 0.29) is 5.82 Å². The number of benzene rings is 1. The molecule has 2 nitrogen and oxygen atoms in total. The van der Waals surface area contributed by atoms with Gasteiger partial charge in [0, 0.05) is 6.07 Å². The van der Waals surface area contributed by atoms with Crippen LogP contribution in [-0.2, 0) is 5.60 Å². The largest absolute Gasteiger partial charge is 0.494 e. The van der Waals surface area contributed by atoms with E-state index < -0.39 is 5.60 Å². The first kappa shape index (κ1) is 10.4. The van der Waals surface area contributed by atoms with Crippen LogP contribution >= 0.6 is 0 Å². The summed E-state index contributed by atoms with van der Waals surface area (Å²) in [5, 5.41) is 10.1. The van der Waals surface area contributed by atoms with E-state index in [0.717, 1.165) is 6.42 Å². The van der Waals surface area contributed by atoms with Gasteiger partial charge in [0.15, 0.2) is 0 Å². The second kappa shape index (κ2) is 3.81. The minimum atomic E-state index is -0.825. The summed E-state index contributed by atoms with van der Waals surface area (Å²) >= 11 is 0. The molecule has 0 aliphatic heterocycles. The third kappa shape index (κ3) is 1.97. The molecular formula is C12H15FO2. The summed E-state index contributed by atoms with van der Waals surface area (Å²) in [7, 11) is 0. The van der Waals surface area contributed by atoms with E-state index in [0.29, 0.717) is 30.8 Å². The molecule has 0 saturated heterocycles. The molecule has 3 heteroatoms. The lowest BCUT2D eigenvalue weighted by molar-refractivity contribution is -0.0391. The molecule has 0 heterocycles. The molecule has 0 radical (unpaired) electrons. The maximum Gasteiger partial charge on any atom is 0.127 e. The van der Waals surface area contributed by atoms with E-state index in [9.17, 15) is 9.50 Å². The molecule has 82 valence electrons. The first-order chi connectivity index (χ1) is 7.14. The smallest absolute Gasteiger partial charge is 0.127 e. The summed E-state index contributed by atoms with van der Waals surface area (Å²) < 4.78 is 18.5. The van der Waals surface area contributed by atoms with Crippen molar-refractivity contribution in [2.24, 2.45) is 0 Å². The highest BCUT2D eigenvalue weighted by molar-refractivity contribution is 5.34. The minimum Gasteiger partial charge on any atom is -0.494 e. The van der Waals surface area contributed by atoms with Gasteiger partial charge in [-0.25, -0.2) is 4.39 Å². The van der Waals surface area contributed by atoms with Crippen LogP contribution in [0.4, 0.5) is 4.39 Å². The Morgan fingerprint density at radius 1 is 1.40 bits per heavy atom. The number of hydrogen-bond acceptors (Lipinski definition) is 2. The average molecular weight is 210 g/mol. The molecule has 1 aliphatic carbocycles. The Kier molecular flexibility index (Phi) is 2.65. The fourth-order valence-corrected chi connectivity index (χ4v) is 1.88. The van der Waals surface area contributed by atoms with Crippen LogP contribution in [0.1, 0.15) is 31.7 Å². The molecule has 1 saturated carbocycles. The lowest BCUT2D eigenvalue weighted by Gasteiger charge is -2.37. The Labute approximate surface area is 88.7 Å². The lowest BCUT2D eigenvalue weighted by Crippen LogP contribution is -2.33. The van der Waals surface area contributed by atoms with Gasteiger partial charge in [0.2, 0.25) is 0 Å². The first-order valence-electron chi connectivity index (χ1n) is 5.30. The lowest BCUT2D eigenvalue weighted by atomic mass is 9.75. The van der Waals surface area contributed by atoms with E-state index in [1.54, 1.807) is 6.07 Å². The van der Waals surface area contributed by atoms with Crippen molar-refractivity contribution in [1.82, 2.24) is 0 Å².